The van der Waals surface area contributed by atoms with Crippen molar-refractivity contribution in [1.29, 1.82) is 0 Å². The van der Waals surface area contributed by atoms with Gasteiger partial charge in [0.2, 0.25) is 5.91 Å². The Hall–Kier alpha value is -1.86. The smallest absolute Gasteiger partial charge is 0.353 e. The molecule has 3 atom stereocenters. The summed E-state index contributed by atoms with van der Waals surface area (Å²) < 4.78 is 0. The predicted molar refractivity (Wildman–Crippen MR) is 82.5 cm³/mol. The molecule has 6 nitrogen and oxygen atoms in total. The summed E-state index contributed by atoms with van der Waals surface area (Å²) in [5.41, 5.74) is 6.79. The van der Waals surface area contributed by atoms with Crippen LogP contribution in [0.5, 0.6) is 0 Å². The van der Waals surface area contributed by atoms with Gasteiger partial charge in [0.15, 0.2) is 0 Å². The number of carboxylic acid groups (broad SMARTS) is 1. The van der Waals surface area contributed by atoms with E-state index in [0.29, 0.717) is 5.75 Å². The van der Waals surface area contributed by atoms with Crippen LogP contribution in [0.1, 0.15) is 12.5 Å². The van der Waals surface area contributed by atoms with Gasteiger partial charge in [-0.05, 0) is 11.6 Å². The molecule has 0 aromatic carbocycles. The van der Waals surface area contributed by atoms with Crippen molar-refractivity contribution in [2.75, 3.05) is 6.54 Å². The Bertz CT molecular complexity index is 647. The first-order chi connectivity index (χ1) is 10.6. The molecule has 0 bridgehead atoms. The molecule has 3 N–H and O–H groups in total. The van der Waals surface area contributed by atoms with Gasteiger partial charge in [0.25, 0.3) is 0 Å². The van der Waals surface area contributed by atoms with Gasteiger partial charge in [-0.2, -0.15) is 0 Å². The fourth-order valence-electron chi connectivity index (χ4n) is 3.18. The van der Waals surface area contributed by atoms with Gasteiger partial charge in [0, 0.05) is 35.5 Å². The van der Waals surface area contributed by atoms with Crippen molar-refractivity contribution in [3.05, 3.63) is 40.7 Å². The Labute approximate surface area is 132 Å². The van der Waals surface area contributed by atoms with Crippen molar-refractivity contribution in [3.63, 3.8) is 0 Å². The minimum Gasteiger partial charge on any atom is -0.477 e. The van der Waals surface area contributed by atoms with E-state index in [1.54, 1.807) is 12.4 Å². The average Bonchev–Trinajstić information content (AvgIpc) is 2.76. The molecule has 22 heavy (non-hydrogen) atoms. The average molecular weight is 319 g/mol. The summed E-state index contributed by atoms with van der Waals surface area (Å²) in [5.74, 6) is -0.854. The normalized spacial score (nSPS) is 26.9. The second kappa shape index (κ2) is 5.73. The number of β-lactam (4-membered cyclic amide) rings is 1. The first kappa shape index (κ1) is 15.1. The lowest BCUT2D eigenvalue weighted by Crippen LogP contribution is -2.62. The molecule has 3 heterocycles. The minimum atomic E-state index is -1.05. The first-order valence-corrected chi connectivity index (χ1v) is 8.07. The molecule has 1 fully saturated rings. The third-order valence-corrected chi connectivity index (χ3v) is 5.59. The molecular weight excluding hydrogens is 302 g/mol. The molecule has 0 spiro atoms. The molecule has 2 aliphatic rings. The van der Waals surface area contributed by atoms with Gasteiger partial charge in [-0.25, -0.2) is 4.79 Å². The maximum Gasteiger partial charge on any atom is 0.353 e. The molecular formula is C15H17N3O3S. The summed E-state index contributed by atoms with van der Waals surface area (Å²) in [4.78, 5) is 29.9. The van der Waals surface area contributed by atoms with Gasteiger partial charge in [0.1, 0.15) is 5.70 Å². The van der Waals surface area contributed by atoms with Gasteiger partial charge < -0.3 is 15.7 Å². The van der Waals surface area contributed by atoms with E-state index in [-0.39, 0.29) is 36.0 Å². The Morgan fingerprint density at radius 2 is 2.32 bits per heavy atom. The number of amides is 1. The number of aliphatic carboxylic acids is 1. The third-order valence-electron chi connectivity index (χ3n) is 4.24. The maximum absolute atomic E-state index is 12.1. The Morgan fingerprint density at radius 1 is 1.55 bits per heavy atom. The molecule has 1 saturated heterocycles. The second-order valence-electron chi connectivity index (χ2n) is 5.50. The van der Waals surface area contributed by atoms with Crippen LogP contribution in [0.2, 0.25) is 0 Å². The molecule has 2 aliphatic heterocycles. The summed E-state index contributed by atoms with van der Waals surface area (Å²) in [6.07, 6.45) is 3.46. The Kier molecular flexibility index (Phi) is 3.92. The van der Waals surface area contributed by atoms with Crippen LogP contribution in [-0.4, -0.2) is 39.5 Å². The quantitative estimate of drug-likeness (QED) is 0.787. The molecule has 116 valence electrons. The fraction of sp³-hybridized carbons (Fsp3) is 0.400. The highest BCUT2D eigenvalue weighted by molar-refractivity contribution is 8.02. The summed E-state index contributed by atoms with van der Waals surface area (Å²) in [5, 5.41) is 9.49. The van der Waals surface area contributed by atoms with Crippen LogP contribution in [0.15, 0.2) is 35.1 Å². The number of hydrogen-bond donors (Lipinski definition) is 2. The molecule has 1 amide bonds. The number of nitrogens with two attached hydrogens (primary N) is 1. The Balaban J connectivity index is 1.85. The van der Waals surface area contributed by atoms with E-state index in [0.717, 1.165) is 10.5 Å². The van der Waals surface area contributed by atoms with Crippen molar-refractivity contribution >= 4 is 23.6 Å². The van der Waals surface area contributed by atoms with Gasteiger partial charge >= 0.3 is 5.97 Å². The SMILES string of the molecule is C[C@H]1C(SCc2cccnc2)=C(C(=O)O)N2C(=O)[C@H](CN)[C@@H]12. The topological polar surface area (TPSA) is 96.5 Å². The van der Waals surface area contributed by atoms with E-state index in [9.17, 15) is 14.7 Å². The van der Waals surface area contributed by atoms with Crippen LogP contribution in [-0.2, 0) is 15.3 Å². The van der Waals surface area contributed by atoms with Gasteiger partial charge in [0.05, 0.1) is 12.0 Å². The highest BCUT2D eigenvalue weighted by Gasteiger charge is 2.57. The summed E-state index contributed by atoms with van der Waals surface area (Å²) in [6.45, 7) is 2.23. The highest BCUT2D eigenvalue weighted by atomic mass is 32.2. The van der Waals surface area contributed by atoms with Gasteiger partial charge in [-0.3, -0.25) is 9.78 Å². The zero-order valence-electron chi connectivity index (χ0n) is 12.1. The number of carbonyl (C=O) groups excluding carboxylic acids is 1. The van der Waals surface area contributed by atoms with Crippen LogP contribution in [0, 0.1) is 11.8 Å². The van der Waals surface area contributed by atoms with Crippen molar-refractivity contribution in [2.24, 2.45) is 17.6 Å². The monoisotopic (exact) mass is 319 g/mol. The lowest BCUT2D eigenvalue weighted by Gasteiger charge is -2.44. The van der Waals surface area contributed by atoms with Crippen molar-refractivity contribution in [1.82, 2.24) is 9.88 Å². The number of fused-ring (bicyclic) bond motifs is 1. The number of carboxylic acids is 1. The second-order valence-corrected chi connectivity index (χ2v) is 6.51. The van der Waals surface area contributed by atoms with E-state index >= 15 is 0 Å². The Morgan fingerprint density at radius 3 is 2.91 bits per heavy atom. The summed E-state index contributed by atoms with van der Waals surface area (Å²) in [6, 6.07) is 3.69. The molecule has 3 rings (SSSR count). The molecule has 0 aliphatic carbocycles. The highest BCUT2D eigenvalue weighted by Crippen LogP contribution is 2.49. The van der Waals surface area contributed by atoms with Crippen LogP contribution in [0.4, 0.5) is 0 Å². The van der Waals surface area contributed by atoms with Crippen LogP contribution in [0.3, 0.4) is 0 Å². The van der Waals surface area contributed by atoms with E-state index < -0.39 is 5.97 Å². The maximum atomic E-state index is 12.1. The van der Waals surface area contributed by atoms with E-state index in [2.05, 4.69) is 4.98 Å². The summed E-state index contributed by atoms with van der Waals surface area (Å²) >= 11 is 1.47. The minimum absolute atomic E-state index is 0.000906. The number of carbonyl (C=O) groups is 2. The number of thioether (sulfide) groups is 1. The first-order valence-electron chi connectivity index (χ1n) is 7.08. The lowest BCUT2D eigenvalue weighted by molar-refractivity contribution is -0.155. The largest absolute Gasteiger partial charge is 0.477 e. The lowest BCUT2D eigenvalue weighted by atomic mass is 9.82. The molecule has 1 aromatic rings. The van der Waals surface area contributed by atoms with Crippen LogP contribution < -0.4 is 5.73 Å². The summed E-state index contributed by atoms with van der Waals surface area (Å²) in [7, 11) is 0. The van der Waals surface area contributed by atoms with Crippen molar-refractivity contribution < 1.29 is 14.7 Å². The van der Waals surface area contributed by atoms with Crippen molar-refractivity contribution in [2.45, 2.75) is 18.7 Å². The standard InChI is InChI=1S/C15H17N3O3S/c1-8-11-10(5-16)14(19)18(11)12(15(20)21)13(8)22-7-9-3-2-4-17-6-9/h2-4,6,8,10-11H,5,7,16H2,1H3,(H,20,21)/t8-,10-,11-/m1/s1. The molecule has 1 aromatic heterocycles. The van der Waals surface area contributed by atoms with Crippen molar-refractivity contribution in [3.8, 4) is 0 Å². The zero-order valence-corrected chi connectivity index (χ0v) is 12.9. The molecule has 0 saturated carbocycles. The van der Waals surface area contributed by atoms with E-state index in [1.807, 2.05) is 19.1 Å². The predicted octanol–water partition coefficient (Wildman–Crippen LogP) is 1.05. The number of pyridine rings is 1. The third kappa shape index (κ3) is 2.21. The molecule has 7 heteroatoms. The zero-order chi connectivity index (χ0) is 15.9. The van der Waals surface area contributed by atoms with E-state index in [4.69, 9.17) is 5.73 Å². The van der Waals surface area contributed by atoms with Crippen LogP contribution in [0.25, 0.3) is 0 Å². The number of aromatic nitrogens is 1. The number of hydrogen-bond acceptors (Lipinski definition) is 5. The number of rotatable bonds is 5. The molecule has 0 unspecified atom stereocenters. The van der Waals surface area contributed by atoms with Crippen LogP contribution >= 0.6 is 11.8 Å². The van der Waals surface area contributed by atoms with Gasteiger partial charge in [-0.15, -0.1) is 11.8 Å². The van der Waals surface area contributed by atoms with E-state index in [1.165, 1.54) is 16.7 Å². The van der Waals surface area contributed by atoms with Gasteiger partial charge in [-0.1, -0.05) is 13.0 Å². The fourth-order valence-corrected chi connectivity index (χ4v) is 4.40. The molecule has 0 radical (unpaired) electrons. The number of nitrogens with zero attached hydrogens (tertiary/aromatic N) is 2.